The van der Waals surface area contributed by atoms with Crippen LogP contribution in [0.25, 0.3) is 0 Å². The van der Waals surface area contributed by atoms with Gasteiger partial charge >= 0.3 is 0 Å². The van der Waals surface area contributed by atoms with Crippen LogP contribution >= 0.6 is 12.4 Å². The van der Waals surface area contributed by atoms with E-state index in [0.717, 1.165) is 37.6 Å². The molecular weight excluding hydrogens is 346 g/mol. The summed E-state index contributed by atoms with van der Waals surface area (Å²) in [5.41, 5.74) is 2.49. The molecule has 5 nitrogen and oxygen atoms in total. The third-order valence-electron chi connectivity index (χ3n) is 5.92. The Kier molecular flexibility index (Phi) is 5.67. The Labute approximate surface area is 161 Å². The third kappa shape index (κ3) is 3.78. The predicted molar refractivity (Wildman–Crippen MR) is 104 cm³/mol. The van der Waals surface area contributed by atoms with E-state index >= 15 is 0 Å². The van der Waals surface area contributed by atoms with Crippen LogP contribution in [0.5, 0.6) is 0 Å². The summed E-state index contributed by atoms with van der Waals surface area (Å²) in [4.78, 5) is 7.13. The Bertz CT molecular complexity index is 770. The molecule has 1 spiro atoms. The molecule has 1 saturated carbocycles. The molecule has 2 aliphatic rings. The molecule has 1 aliphatic heterocycles. The van der Waals surface area contributed by atoms with E-state index in [-0.39, 0.29) is 12.4 Å². The van der Waals surface area contributed by atoms with Gasteiger partial charge in [0, 0.05) is 32.0 Å². The maximum absolute atomic E-state index is 9.00. The quantitative estimate of drug-likeness (QED) is 0.878. The van der Waals surface area contributed by atoms with Gasteiger partial charge in [0.2, 0.25) is 0 Å². The number of benzene rings is 1. The lowest BCUT2D eigenvalue weighted by Gasteiger charge is -2.29. The molecule has 2 aromatic rings. The molecule has 0 bridgehead atoms. The predicted octanol–water partition coefficient (Wildman–Crippen LogP) is 2.86. The van der Waals surface area contributed by atoms with Crippen LogP contribution in [0.15, 0.2) is 36.7 Å². The van der Waals surface area contributed by atoms with Gasteiger partial charge < -0.3 is 9.88 Å². The first kappa shape index (κ1) is 18.9. The second kappa shape index (κ2) is 7.79. The highest BCUT2D eigenvalue weighted by molar-refractivity contribution is 5.85. The molecule has 1 saturated heterocycles. The summed E-state index contributed by atoms with van der Waals surface area (Å²) in [5, 5.41) is 12.5. The monoisotopic (exact) mass is 371 g/mol. The van der Waals surface area contributed by atoms with E-state index < -0.39 is 0 Å². The Morgan fingerprint density at radius 1 is 1.27 bits per heavy atom. The molecule has 0 amide bonds. The van der Waals surface area contributed by atoms with Crippen LogP contribution in [0.3, 0.4) is 0 Å². The van der Waals surface area contributed by atoms with Crippen molar-refractivity contribution in [2.75, 3.05) is 13.1 Å². The molecule has 1 N–H and O–H groups in total. The second-order valence-corrected chi connectivity index (χ2v) is 7.50. The molecule has 1 aliphatic carbocycles. The number of aromatic nitrogens is 2. The van der Waals surface area contributed by atoms with Gasteiger partial charge in [-0.2, -0.15) is 5.26 Å². The van der Waals surface area contributed by atoms with Crippen LogP contribution in [0, 0.1) is 16.7 Å². The van der Waals surface area contributed by atoms with Crippen LogP contribution in [0.1, 0.15) is 36.2 Å². The SMILES string of the molecule is Cl.Cn1ccnc1CN(Cc1ccc(C#N)cc1)C1CC12CCNCC2. The molecule has 26 heavy (non-hydrogen) atoms. The van der Waals surface area contributed by atoms with Crippen molar-refractivity contribution in [1.82, 2.24) is 19.8 Å². The Morgan fingerprint density at radius 3 is 2.62 bits per heavy atom. The minimum Gasteiger partial charge on any atom is -0.337 e. The number of halogens is 1. The van der Waals surface area contributed by atoms with Gasteiger partial charge in [-0.3, -0.25) is 4.90 Å². The first-order valence-electron chi connectivity index (χ1n) is 9.10. The van der Waals surface area contributed by atoms with E-state index in [2.05, 4.69) is 45.0 Å². The molecular formula is C20H26ClN5. The maximum atomic E-state index is 9.00. The average Bonchev–Trinajstić information content (AvgIpc) is 3.17. The highest BCUT2D eigenvalue weighted by atomic mass is 35.5. The molecule has 1 unspecified atom stereocenters. The van der Waals surface area contributed by atoms with E-state index in [9.17, 15) is 0 Å². The van der Waals surface area contributed by atoms with Crippen LogP contribution in [-0.4, -0.2) is 33.6 Å². The number of rotatable bonds is 5. The van der Waals surface area contributed by atoms with Crippen molar-refractivity contribution in [1.29, 1.82) is 5.26 Å². The normalized spacial score (nSPS) is 20.6. The van der Waals surface area contributed by atoms with Crippen LogP contribution in [0.4, 0.5) is 0 Å². The van der Waals surface area contributed by atoms with Crippen molar-refractivity contribution in [3.63, 3.8) is 0 Å². The molecule has 0 radical (unpaired) electrons. The number of piperidine rings is 1. The van der Waals surface area contributed by atoms with Gasteiger partial charge in [0.05, 0.1) is 18.2 Å². The lowest BCUT2D eigenvalue weighted by atomic mass is 9.93. The highest BCUT2D eigenvalue weighted by Crippen LogP contribution is 2.56. The molecule has 1 aromatic carbocycles. The van der Waals surface area contributed by atoms with Crippen molar-refractivity contribution in [3.05, 3.63) is 53.6 Å². The molecule has 1 aromatic heterocycles. The highest BCUT2D eigenvalue weighted by Gasteiger charge is 2.56. The standard InChI is InChI=1S/C20H25N5.ClH/c1-24-11-10-23-19(24)15-25(14-17-4-2-16(13-21)3-5-17)18-12-20(18)6-8-22-9-7-20;/h2-5,10-11,18,22H,6-9,12,14-15H2,1H3;1H. The lowest BCUT2D eigenvalue weighted by Crippen LogP contribution is -2.36. The second-order valence-electron chi connectivity index (χ2n) is 7.50. The third-order valence-corrected chi connectivity index (χ3v) is 5.92. The minimum atomic E-state index is 0. The van der Waals surface area contributed by atoms with Gasteiger partial charge in [-0.05, 0) is 55.5 Å². The van der Waals surface area contributed by atoms with E-state index in [1.807, 2.05) is 24.5 Å². The van der Waals surface area contributed by atoms with Crippen molar-refractivity contribution in [2.45, 2.75) is 38.4 Å². The lowest BCUT2D eigenvalue weighted by molar-refractivity contribution is 0.183. The summed E-state index contributed by atoms with van der Waals surface area (Å²) >= 11 is 0. The van der Waals surface area contributed by atoms with Gasteiger partial charge in [-0.15, -0.1) is 12.4 Å². The largest absolute Gasteiger partial charge is 0.337 e. The number of nitrogens with zero attached hydrogens (tertiary/aromatic N) is 4. The zero-order valence-corrected chi connectivity index (χ0v) is 16.0. The van der Waals surface area contributed by atoms with Crippen molar-refractivity contribution < 1.29 is 0 Å². The van der Waals surface area contributed by atoms with E-state index in [0.29, 0.717) is 11.5 Å². The first-order valence-corrected chi connectivity index (χ1v) is 9.10. The van der Waals surface area contributed by atoms with Gasteiger partial charge in [-0.25, -0.2) is 4.98 Å². The van der Waals surface area contributed by atoms with E-state index in [4.69, 9.17) is 5.26 Å². The van der Waals surface area contributed by atoms with Gasteiger partial charge in [-0.1, -0.05) is 12.1 Å². The van der Waals surface area contributed by atoms with Crippen molar-refractivity contribution in [2.24, 2.45) is 12.5 Å². The van der Waals surface area contributed by atoms with Gasteiger partial charge in [0.25, 0.3) is 0 Å². The molecule has 4 rings (SSSR count). The van der Waals surface area contributed by atoms with Gasteiger partial charge in [0.15, 0.2) is 0 Å². The first-order chi connectivity index (χ1) is 12.2. The topological polar surface area (TPSA) is 56.9 Å². The number of aryl methyl sites for hydroxylation is 1. The van der Waals surface area contributed by atoms with Crippen LogP contribution in [0.2, 0.25) is 0 Å². The van der Waals surface area contributed by atoms with E-state index in [1.54, 1.807) is 0 Å². The Hall–Kier alpha value is -1.87. The fourth-order valence-corrected chi connectivity index (χ4v) is 4.23. The molecule has 2 fully saturated rings. The fourth-order valence-electron chi connectivity index (χ4n) is 4.23. The minimum absolute atomic E-state index is 0. The number of imidazole rings is 1. The van der Waals surface area contributed by atoms with E-state index in [1.165, 1.54) is 24.8 Å². The fraction of sp³-hybridized carbons (Fsp3) is 0.500. The maximum Gasteiger partial charge on any atom is 0.122 e. The summed E-state index contributed by atoms with van der Waals surface area (Å²) in [6.07, 6.45) is 7.75. The van der Waals surface area contributed by atoms with Crippen molar-refractivity contribution >= 4 is 12.4 Å². The molecule has 6 heteroatoms. The summed E-state index contributed by atoms with van der Waals surface area (Å²) in [6.45, 7) is 4.08. The zero-order chi connectivity index (χ0) is 17.3. The summed E-state index contributed by atoms with van der Waals surface area (Å²) in [7, 11) is 2.06. The van der Waals surface area contributed by atoms with Crippen LogP contribution < -0.4 is 5.32 Å². The molecule has 1 atom stereocenters. The molecule has 138 valence electrons. The average molecular weight is 372 g/mol. The number of nitrogens with one attached hydrogen (secondary N) is 1. The summed E-state index contributed by atoms with van der Waals surface area (Å²) < 4.78 is 2.11. The summed E-state index contributed by atoms with van der Waals surface area (Å²) in [5.74, 6) is 1.12. The smallest absolute Gasteiger partial charge is 0.122 e. The Balaban J connectivity index is 0.00000196. The number of hydrogen-bond donors (Lipinski definition) is 1. The molecule has 2 heterocycles. The van der Waals surface area contributed by atoms with Gasteiger partial charge in [0.1, 0.15) is 5.82 Å². The number of hydrogen-bond acceptors (Lipinski definition) is 4. The Morgan fingerprint density at radius 2 is 2.00 bits per heavy atom. The zero-order valence-electron chi connectivity index (χ0n) is 15.2. The van der Waals surface area contributed by atoms with Crippen molar-refractivity contribution in [3.8, 4) is 6.07 Å². The number of nitriles is 1. The summed E-state index contributed by atoms with van der Waals surface area (Å²) in [6, 6.07) is 10.8. The van der Waals surface area contributed by atoms with Crippen LogP contribution in [-0.2, 0) is 20.1 Å².